The van der Waals surface area contributed by atoms with E-state index in [0.29, 0.717) is 45.4 Å². The van der Waals surface area contributed by atoms with Gasteiger partial charge in [-0.2, -0.15) is 8.78 Å². The van der Waals surface area contributed by atoms with E-state index in [-0.39, 0.29) is 18.0 Å². The van der Waals surface area contributed by atoms with Crippen molar-refractivity contribution in [1.82, 2.24) is 24.9 Å². The first-order valence-corrected chi connectivity index (χ1v) is 11.4. The van der Waals surface area contributed by atoms with Crippen molar-refractivity contribution in [2.24, 2.45) is 0 Å². The molecule has 0 saturated heterocycles. The standard InChI is InChI=1S/C27H20F2N6O3/c1-37-24-8-6-17(14-32-24)23(36)12-16-5-7-21-20(11-16)25(35-26(34-21)22-15-30-9-10-31-22)33-18-3-2-4-19(13-18)38-27(28)29/h2-11,13-15,27H,12H2,1H3,(H,33,34,35). The lowest BCUT2D eigenvalue weighted by molar-refractivity contribution is -0.0498. The van der Waals surface area contributed by atoms with Gasteiger partial charge in [0, 0.05) is 53.8 Å². The molecule has 0 aliphatic rings. The molecule has 0 amide bonds. The summed E-state index contributed by atoms with van der Waals surface area (Å²) in [6, 6.07) is 14.8. The lowest BCUT2D eigenvalue weighted by Crippen LogP contribution is -2.05. The minimum atomic E-state index is -2.95. The summed E-state index contributed by atoms with van der Waals surface area (Å²) in [7, 11) is 1.50. The predicted molar refractivity (Wildman–Crippen MR) is 136 cm³/mol. The zero-order valence-corrected chi connectivity index (χ0v) is 20.0. The van der Waals surface area contributed by atoms with Gasteiger partial charge in [-0.25, -0.2) is 19.9 Å². The normalized spacial score (nSPS) is 10.9. The number of hydrogen-bond acceptors (Lipinski definition) is 9. The van der Waals surface area contributed by atoms with Gasteiger partial charge in [-0.15, -0.1) is 0 Å². The van der Waals surface area contributed by atoms with Crippen LogP contribution in [0.2, 0.25) is 0 Å². The highest BCUT2D eigenvalue weighted by atomic mass is 19.3. The maximum absolute atomic E-state index is 12.9. The summed E-state index contributed by atoms with van der Waals surface area (Å²) in [6.07, 6.45) is 6.20. The summed E-state index contributed by atoms with van der Waals surface area (Å²) < 4.78 is 35.0. The van der Waals surface area contributed by atoms with Gasteiger partial charge in [0.2, 0.25) is 5.88 Å². The van der Waals surface area contributed by atoms with Crippen LogP contribution in [-0.4, -0.2) is 44.4 Å². The average Bonchev–Trinajstić information content (AvgIpc) is 2.93. The van der Waals surface area contributed by atoms with Gasteiger partial charge in [0.05, 0.1) is 18.8 Å². The first-order chi connectivity index (χ1) is 18.5. The second-order valence-corrected chi connectivity index (χ2v) is 8.06. The number of benzene rings is 2. The van der Waals surface area contributed by atoms with E-state index in [4.69, 9.17) is 4.74 Å². The van der Waals surface area contributed by atoms with Crippen molar-refractivity contribution in [3.63, 3.8) is 0 Å². The van der Waals surface area contributed by atoms with Crippen molar-refractivity contribution in [1.29, 1.82) is 0 Å². The number of nitrogens with zero attached hydrogens (tertiary/aromatic N) is 5. The number of pyridine rings is 1. The Morgan fingerprint density at radius 3 is 2.63 bits per heavy atom. The number of hydrogen-bond donors (Lipinski definition) is 1. The zero-order chi connectivity index (χ0) is 26.5. The summed E-state index contributed by atoms with van der Waals surface area (Å²) >= 11 is 0. The second-order valence-electron chi connectivity index (χ2n) is 8.06. The SMILES string of the molecule is COc1ccc(C(=O)Cc2ccc3nc(-c4cnccn4)nc(Nc4cccc(OC(F)F)c4)c3c2)cn1. The van der Waals surface area contributed by atoms with Gasteiger partial charge < -0.3 is 14.8 Å². The van der Waals surface area contributed by atoms with Crippen molar-refractivity contribution < 1.29 is 23.0 Å². The third kappa shape index (κ3) is 5.67. The van der Waals surface area contributed by atoms with Crippen LogP contribution in [0.4, 0.5) is 20.3 Å². The van der Waals surface area contributed by atoms with Gasteiger partial charge in [-0.05, 0) is 35.9 Å². The number of nitrogens with one attached hydrogen (secondary N) is 1. The van der Waals surface area contributed by atoms with Crippen LogP contribution >= 0.6 is 0 Å². The first kappa shape index (κ1) is 24.6. The molecule has 0 saturated carbocycles. The molecule has 1 N–H and O–H groups in total. The van der Waals surface area contributed by atoms with E-state index >= 15 is 0 Å². The van der Waals surface area contributed by atoms with E-state index in [0.717, 1.165) is 5.56 Å². The van der Waals surface area contributed by atoms with Crippen LogP contribution in [0.25, 0.3) is 22.4 Å². The highest BCUT2D eigenvalue weighted by molar-refractivity contribution is 5.98. The molecule has 0 aliphatic carbocycles. The number of alkyl halides is 2. The van der Waals surface area contributed by atoms with E-state index < -0.39 is 6.61 Å². The number of halogens is 2. The Bertz CT molecular complexity index is 1580. The number of methoxy groups -OCH3 is 1. The van der Waals surface area contributed by atoms with Gasteiger partial charge in [0.15, 0.2) is 11.6 Å². The van der Waals surface area contributed by atoms with E-state index in [1.165, 1.54) is 37.8 Å². The molecule has 2 aromatic carbocycles. The fourth-order valence-electron chi connectivity index (χ4n) is 3.75. The predicted octanol–water partition coefficient (Wildman–Crippen LogP) is 5.26. The molecule has 3 heterocycles. The number of ketones is 1. The highest BCUT2D eigenvalue weighted by Gasteiger charge is 2.15. The lowest BCUT2D eigenvalue weighted by atomic mass is 10.0. The van der Waals surface area contributed by atoms with Crippen molar-refractivity contribution in [3.05, 3.63) is 90.5 Å². The molecule has 11 heteroatoms. The van der Waals surface area contributed by atoms with Gasteiger partial charge in [-0.3, -0.25) is 9.78 Å². The second kappa shape index (κ2) is 10.9. The number of carbonyl (C=O) groups excluding carboxylic acids is 1. The van der Waals surface area contributed by atoms with Crippen LogP contribution < -0.4 is 14.8 Å². The summed E-state index contributed by atoms with van der Waals surface area (Å²) in [6.45, 7) is -2.95. The van der Waals surface area contributed by atoms with Gasteiger partial charge in [-0.1, -0.05) is 12.1 Å². The number of anilines is 2. The fourth-order valence-corrected chi connectivity index (χ4v) is 3.75. The molecule has 0 spiro atoms. The summed E-state index contributed by atoms with van der Waals surface area (Å²) in [5.41, 5.74) is 2.70. The molecular weight excluding hydrogens is 494 g/mol. The zero-order valence-electron chi connectivity index (χ0n) is 20.0. The van der Waals surface area contributed by atoms with Crippen LogP contribution in [0.1, 0.15) is 15.9 Å². The first-order valence-electron chi connectivity index (χ1n) is 11.4. The largest absolute Gasteiger partial charge is 0.481 e. The molecular formula is C27H20F2N6O3. The molecule has 190 valence electrons. The van der Waals surface area contributed by atoms with E-state index in [1.54, 1.807) is 36.5 Å². The monoisotopic (exact) mass is 514 g/mol. The molecule has 3 aromatic heterocycles. The molecule has 0 radical (unpaired) electrons. The fraction of sp³-hybridized carbons (Fsp3) is 0.111. The maximum Gasteiger partial charge on any atom is 0.387 e. The molecule has 0 atom stereocenters. The number of aromatic nitrogens is 5. The van der Waals surface area contributed by atoms with E-state index in [2.05, 4.69) is 35.0 Å². The summed E-state index contributed by atoms with van der Waals surface area (Å²) in [5.74, 6) is 1.01. The van der Waals surface area contributed by atoms with Gasteiger partial charge in [0.25, 0.3) is 0 Å². The van der Waals surface area contributed by atoms with Crippen molar-refractivity contribution in [2.45, 2.75) is 13.0 Å². The minimum absolute atomic E-state index is 0.00287. The van der Waals surface area contributed by atoms with Crippen LogP contribution in [0.3, 0.4) is 0 Å². The number of rotatable bonds is 9. The number of carbonyl (C=O) groups is 1. The quantitative estimate of drug-likeness (QED) is 0.263. The number of ether oxygens (including phenoxy) is 2. The summed E-state index contributed by atoms with van der Waals surface area (Å²) in [5, 5.41) is 3.78. The molecule has 38 heavy (non-hydrogen) atoms. The Labute approximate surface area is 215 Å². The molecule has 0 unspecified atom stereocenters. The Hall–Kier alpha value is -5.06. The van der Waals surface area contributed by atoms with Crippen LogP contribution in [0, 0.1) is 0 Å². The smallest absolute Gasteiger partial charge is 0.387 e. The third-order valence-electron chi connectivity index (χ3n) is 5.51. The molecule has 5 rings (SSSR count). The highest BCUT2D eigenvalue weighted by Crippen LogP contribution is 2.29. The number of fused-ring (bicyclic) bond motifs is 1. The van der Waals surface area contributed by atoms with Gasteiger partial charge >= 0.3 is 6.61 Å². The lowest BCUT2D eigenvalue weighted by Gasteiger charge is -2.13. The van der Waals surface area contributed by atoms with Crippen molar-refractivity contribution >= 4 is 28.2 Å². The molecule has 9 nitrogen and oxygen atoms in total. The third-order valence-corrected chi connectivity index (χ3v) is 5.51. The molecule has 0 aliphatic heterocycles. The molecule has 5 aromatic rings. The van der Waals surface area contributed by atoms with Crippen molar-refractivity contribution in [3.8, 4) is 23.1 Å². The van der Waals surface area contributed by atoms with E-state index in [9.17, 15) is 13.6 Å². The van der Waals surface area contributed by atoms with Crippen LogP contribution in [0.5, 0.6) is 11.6 Å². The van der Waals surface area contributed by atoms with Gasteiger partial charge in [0.1, 0.15) is 17.3 Å². The molecule has 0 bridgehead atoms. The number of Topliss-reactive ketones (excluding diaryl/α,β-unsaturated/α-hetero) is 1. The Kier molecular flexibility index (Phi) is 7.07. The summed E-state index contributed by atoms with van der Waals surface area (Å²) in [4.78, 5) is 34.6. The minimum Gasteiger partial charge on any atom is -0.481 e. The van der Waals surface area contributed by atoms with Crippen molar-refractivity contribution in [2.75, 3.05) is 12.4 Å². The van der Waals surface area contributed by atoms with Crippen LogP contribution in [0.15, 0.2) is 79.4 Å². The van der Waals surface area contributed by atoms with E-state index in [1.807, 2.05) is 12.1 Å². The molecule has 0 fully saturated rings. The average molecular weight is 514 g/mol. The Morgan fingerprint density at radius 1 is 1.00 bits per heavy atom. The van der Waals surface area contributed by atoms with Crippen LogP contribution in [-0.2, 0) is 6.42 Å². The maximum atomic E-state index is 12.9. The Balaban J connectivity index is 1.52. The Morgan fingerprint density at radius 2 is 1.89 bits per heavy atom. The topological polar surface area (TPSA) is 112 Å².